The number of carbonyl (C=O) groups excluding carboxylic acids is 1. The molecule has 0 aromatic heterocycles. The van der Waals surface area contributed by atoms with E-state index < -0.39 is 6.61 Å². The van der Waals surface area contributed by atoms with E-state index in [2.05, 4.69) is 10.1 Å². The summed E-state index contributed by atoms with van der Waals surface area (Å²) in [6.07, 6.45) is 0.576. The molecule has 0 bridgehead atoms. The van der Waals surface area contributed by atoms with Crippen molar-refractivity contribution in [3.63, 3.8) is 0 Å². The third kappa shape index (κ3) is 5.58. The van der Waals surface area contributed by atoms with Gasteiger partial charge in [0.05, 0.1) is 6.42 Å². The van der Waals surface area contributed by atoms with Gasteiger partial charge in [0.15, 0.2) is 0 Å². The lowest BCUT2D eigenvalue weighted by Crippen LogP contribution is -2.26. The first-order valence-electron chi connectivity index (χ1n) is 5.53. The van der Waals surface area contributed by atoms with Crippen LogP contribution < -0.4 is 10.1 Å². The average Bonchev–Trinajstić information content (AvgIpc) is 2.28. The fourth-order valence-electron chi connectivity index (χ4n) is 1.39. The van der Waals surface area contributed by atoms with Gasteiger partial charge in [-0.3, -0.25) is 4.79 Å². The summed E-state index contributed by atoms with van der Waals surface area (Å²) < 4.78 is 28.2. The number of hydrogen-bond acceptors (Lipinski definition) is 3. The Kier molecular flexibility index (Phi) is 6.07. The van der Waals surface area contributed by atoms with E-state index in [0.717, 1.165) is 0 Å². The van der Waals surface area contributed by atoms with Crippen LogP contribution in [-0.4, -0.2) is 30.8 Å². The van der Waals surface area contributed by atoms with Crippen molar-refractivity contribution in [2.24, 2.45) is 0 Å². The number of amides is 1. The average molecular weight is 259 g/mol. The Bertz CT molecular complexity index is 385. The van der Waals surface area contributed by atoms with Crippen LogP contribution in [0.5, 0.6) is 5.75 Å². The van der Waals surface area contributed by atoms with Crippen LogP contribution >= 0.6 is 0 Å². The van der Waals surface area contributed by atoms with Crippen molar-refractivity contribution in [3.05, 3.63) is 29.8 Å². The molecule has 0 radical (unpaired) electrons. The number of nitrogens with one attached hydrogen (secondary N) is 1. The number of benzene rings is 1. The Hall–Kier alpha value is -1.69. The van der Waals surface area contributed by atoms with E-state index in [9.17, 15) is 13.6 Å². The molecule has 100 valence electrons. The maximum absolute atomic E-state index is 12.0. The molecule has 0 aliphatic rings. The topological polar surface area (TPSA) is 58.6 Å². The van der Waals surface area contributed by atoms with Crippen LogP contribution in [0.4, 0.5) is 8.78 Å². The Labute approximate surface area is 104 Å². The third-order valence-electron chi connectivity index (χ3n) is 2.15. The molecule has 0 heterocycles. The van der Waals surface area contributed by atoms with Crippen LogP contribution in [0.2, 0.25) is 0 Å². The van der Waals surface area contributed by atoms with Crippen molar-refractivity contribution in [3.8, 4) is 5.75 Å². The minimum atomic E-state index is -2.88. The van der Waals surface area contributed by atoms with Crippen molar-refractivity contribution < 1.29 is 23.4 Å². The molecule has 0 aliphatic heterocycles. The zero-order valence-electron chi connectivity index (χ0n) is 9.73. The van der Waals surface area contributed by atoms with E-state index >= 15 is 0 Å². The van der Waals surface area contributed by atoms with Crippen LogP contribution in [0.25, 0.3) is 0 Å². The van der Waals surface area contributed by atoms with Crippen LogP contribution in [0.15, 0.2) is 24.3 Å². The monoisotopic (exact) mass is 259 g/mol. The van der Waals surface area contributed by atoms with Crippen LogP contribution in [0, 0.1) is 0 Å². The third-order valence-corrected chi connectivity index (χ3v) is 2.15. The van der Waals surface area contributed by atoms with Crippen molar-refractivity contribution >= 4 is 5.91 Å². The number of aliphatic hydroxyl groups excluding tert-OH is 1. The lowest BCUT2D eigenvalue weighted by molar-refractivity contribution is -0.120. The number of halogens is 2. The molecule has 0 spiro atoms. The van der Waals surface area contributed by atoms with Gasteiger partial charge in [0.1, 0.15) is 5.75 Å². The molecule has 0 aliphatic carbocycles. The minimum absolute atomic E-state index is 0.0119. The van der Waals surface area contributed by atoms with Gasteiger partial charge in [-0.1, -0.05) is 12.1 Å². The lowest BCUT2D eigenvalue weighted by atomic mass is 10.1. The first kappa shape index (κ1) is 14.4. The van der Waals surface area contributed by atoms with Crippen molar-refractivity contribution in [1.82, 2.24) is 5.32 Å². The molecule has 6 heteroatoms. The first-order valence-corrected chi connectivity index (χ1v) is 5.53. The highest BCUT2D eigenvalue weighted by Gasteiger charge is 2.07. The van der Waals surface area contributed by atoms with Crippen molar-refractivity contribution in [1.29, 1.82) is 0 Å². The minimum Gasteiger partial charge on any atom is -0.435 e. The summed E-state index contributed by atoms with van der Waals surface area (Å²) in [5, 5.41) is 11.2. The molecular weight excluding hydrogens is 244 g/mol. The summed E-state index contributed by atoms with van der Waals surface area (Å²) in [4.78, 5) is 11.4. The van der Waals surface area contributed by atoms with E-state index in [-0.39, 0.29) is 24.7 Å². The summed E-state index contributed by atoms with van der Waals surface area (Å²) in [5.74, 6) is -0.191. The van der Waals surface area contributed by atoms with E-state index in [1.54, 1.807) is 12.1 Å². The predicted octanol–water partition coefficient (Wildman–Crippen LogP) is 1.33. The van der Waals surface area contributed by atoms with Crippen LogP contribution in [-0.2, 0) is 11.2 Å². The van der Waals surface area contributed by atoms with Crippen molar-refractivity contribution in [2.75, 3.05) is 13.2 Å². The smallest absolute Gasteiger partial charge is 0.387 e. The normalized spacial score (nSPS) is 10.4. The summed E-state index contributed by atoms with van der Waals surface area (Å²) in [5.41, 5.74) is 0.592. The predicted molar refractivity (Wildman–Crippen MR) is 61.5 cm³/mol. The number of ether oxygens (including phenoxy) is 1. The molecule has 1 aromatic carbocycles. The quantitative estimate of drug-likeness (QED) is 0.726. The van der Waals surface area contributed by atoms with Gasteiger partial charge in [0.25, 0.3) is 0 Å². The van der Waals surface area contributed by atoms with E-state index in [1.807, 2.05) is 0 Å². The molecule has 18 heavy (non-hydrogen) atoms. The highest BCUT2D eigenvalue weighted by Crippen LogP contribution is 2.16. The summed E-state index contributed by atoms with van der Waals surface area (Å²) in [6.45, 7) is -2.47. The molecule has 0 fully saturated rings. The largest absolute Gasteiger partial charge is 0.435 e. The summed E-state index contributed by atoms with van der Waals surface area (Å²) >= 11 is 0. The summed E-state index contributed by atoms with van der Waals surface area (Å²) in [7, 11) is 0. The summed E-state index contributed by atoms with van der Waals surface area (Å²) in [6, 6.07) is 6.01. The number of alkyl halides is 2. The van der Waals surface area contributed by atoms with Crippen LogP contribution in [0.1, 0.15) is 12.0 Å². The van der Waals surface area contributed by atoms with E-state index in [0.29, 0.717) is 18.5 Å². The second kappa shape index (κ2) is 7.60. The van der Waals surface area contributed by atoms with Gasteiger partial charge in [0.2, 0.25) is 5.91 Å². The molecular formula is C12H15F2NO3. The van der Waals surface area contributed by atoms with Crippen molar-refractivity contribution in [2.45, 2.75) is 19.5 Å². The molecule has 1 amide bonds. The lowest BCUT2D eigenvalue weighted by Gasteiger charge is -2.07. The van der Waals surface area contributed by atoms with Gasteiger partial charge in [-0.2, -0.15) is 8.78 Å². The molecule has 1 rings (SSSR count). The zero-order valence-corrected chi connectivity index (χ0v) is 9.73. The SMILES string of the molecule is O=C(Cc1cccc(OC(F)F)c1)NCCCO. The van der Waals surface area contributed by atoms with Gasteiger partial charge in [-0.05, 0) is 24.1 Å². The fraction of sp³-hybridized carbons (Fsp3) is 0.417. The van der Waals surface area contributed by atoms with E-state index in [4.69, 9.17) is 5.11 Å². The second-order valence-electron chi connectivity index (χ2n) is 3.63. The number of aliphatic hydroxyl groups is 1. The maximum Gasteiger partial charge on any atom is 0.387 e. The van der Waals surface area contributed by atoms with Gasteiger partial charge in [-0.15, -0.1) is 0 Å². The molecule has 0 saturated heterocycles. The Morgan fingerprint density at radius 3 is 2.89 bits per heavy atom. The highest BCUT2D eigenvalue weighted by molar-refractivity contribution is 5.78. The molecule has 0 unspecified atom stereocenters. The molecule has 4 nitrogen and oxygen atoms in total. The fourth-order valence-corrected chi connectivity index (χ4v) is 1.39. The standard InChI is InChI=1S/C12H15F2NO3/c13-12(14)18-10-4-1-3-9(7-10)8-11(17)15-5-2-6-16/h1,3-4,7,12,16H,2,5-6,8H2,(H,15,17). The van der Waals surface area contributed by atoms with Gasteiger partial charge < -0.3 is 15.2 Å². The molecule has 2 N–H and O–H groups in total. The maximum atomic E-state index is 12.0. The number of hydrogen-bond donors (Lipinski definition) is 2. The number of carbonyl (C=O) groups is 1. The van der Waals surface area contributed by atoms with Gasteiger partial charge in [-0.25, -0.2) is 0 Å². The second-order valence-corrected chi connectivity index (χ2v) is 3.63. The number of rotatable bonds is 7. The first-order chi connectivity index (χ1) is 8.61. The molecule has 0 atom stereocenters. The van der Waals surface area contributed by atoms with Crippen LogP contribution in [0.3, 0.4) is 0 Å². The van der Waals surface area contributed by atoms with E-state index in [1.165, 1.54) is 12.1 Å². The molecule has 1 aromatic rings. The Balaban J connectivity index is 2.48. The Morgan fingerprint density at radius 1 is 1.44 bits per heavy atom. The highest BCUT2D eigenvalue weighted by atomic mass is 19.3. The Morgan fingerprint density at radius 2 is 2.22 bits per heavy atom. The van der Waals surface area contributed by atoms with Gasteiger partial charge >= 0.3 is 6.61 Å². The van der Waals surface area contributed by atoms with Gasteiger partial charge in [0, 0.05) is 13.2 Å². The zero-order chi connectivity index (χ0) is 13.4. The molecule has 0 saturated carbocycles.